The van der Waals surface area contributed by atoms with Gasteiger partial charge in [0.05, 0.1) is 5.25 Å². The second-order valence-corrected chi connectivity index (χ2v) is 7.21. The Morgan fingerprint density at radius 2 is 1.69 bits per heavy atom. The molecule has 2 rings (SSSR count). The molecular formula is C11H22N2O2S. The molecule has 2 saturated carbocycles. The summed E-state index contributed by atoms with van der Waals surface area (Å²) in [6, 6.07) is 0. The van der Waals surface area contributed by atoms with Crippen LogP contribution in [0.3, 0.4) is 0 Å². The maximum atomic E-state index is 12.0. The lowest BCUT2D eigenvalue weighted by atomic mass is 9.92. The Hall–Kier alpha value is -0.130. The van der Waals surface area contributed by atoms with E-state index in [1.54, 1.807) is 0 Å². The Labute approximate surface area is 98.0 Å². The van der Waals surface area contributed by atoms with Gasteiger partial charge in [0.15, 0.2) is 0 Å². The maximum Gasteiger partial charge on any atom is 0.215 e. The number of nitrogens with one attached hydrogen (secondary N) is 1. The van der Waals surface area contributed by atoms with Crippen LogP contribution in [0.25, 0.3) is 0 Å². The standard InChI is InChI=1S/C11H22N2O2S/c12-9-11(7-3-1-2-4-8-11)13-16(14,15)10-5-6-10/h10,13H,1-9,12H2. The molecule has 5 heteroatoms. The van der Waals surface area contributed by atoms with Gasteiger partial charge in [0, 0.05) is 12.1 Å². The van der Waals surface area contributed by atoms with E-state index >= 15 is 0 Å². The van der Waals surface area contributed by atoms with Crippen molar-refractivity contribution in [3.8, 4) is 0 Å². The van der Waals surface area contributed by atoms with Gasteiger partial charge in [-0.15, -0.1) is 0 Å². The lowest BCUT2D eigenvalue weighted by molar-refractivity contribution is 0.342. The molecule has 0 bridgehead atoms. The van der Waals surface area contributed by atoms with Gasteiger partial charge in [-0.05, 0) is 25.7 Å². The monoisotopic (exact) mass is 246 g/mol. The van der Waals surface area contributed by atoms with Gasteiger partial charge in [-0.25, -0.2) is 13.1 Å². The highest BCUT2D eigenvalue weighted by Gasteiger charge is 2.41. The molecule has 0 aliphatic heterocycles. The third-order valence-corrected chi connectivity index (χ3v) is 5.84. The molecule has 16 heavy (non-hydrogen) atoms. The SMILES string of the molecule is NCC1(NS(=O)(=O)C2CC2)CCCCCC1. The zero-order chi connectivity index (χ0) is 11.6. The third kappa shape index (κ3) is 2.76. The topological polar surface area (TPSA) is 72.2 Å². The quantitative estimate of drug-likeness (QED) is 0.730. The average molecular weight is 246 g/mol. The number of rotatable bonds is 4. The highest BCUT2D eigenvalue weighted by atomic mass is 32.2. The van der Waals surface area contributed by atoms with Crippen LogP contribution in [-0.2, 0) is 10.0 Å². The van der Waals surface area contributed by atoms with Crippen molar-refractivity contribution >= 4 is 10.0 Å². The molecular weight excluding hydrogens is 224 g/mol. The van der Waals surface area contributed by atoms with Gasteiger partial charge in [-0.3, -0.25) is 0 Å². The Balaban J connectivity index is 2.07. The molecule has 2 aliphatic rings. The summed E-state index contributed by atoms with van der Waals surface area (Å²) in [5.41, 5.74) is 5.46. The average Bonchev–Trinajstić information content (AvgIpc) is 3.05. The van der Waals surface area contributed by atoms with Gasteiger partial charge in [-0.1, -0.05) is 25.7 Å². The van der Waals surface area contributed by atoms with Crippen LogP contribution in [0, 0.1) is 0 Å². The van der Waals surface area contributed by atoms with E-state index in [9.17, 15) is 8.42 Å². The maximum absolute atomic E-state index is 12.0. The molecule has 0 atom stereocenters. The van der Waals surface area contributed by atoms with E-state index in [2.05, 4.69) is 4.72 Å². The summed E-state index contributed by atoms with van der Waals surface area (Å²) < 4.78 is 26.8. The summed E-state index contributed by atoms with van der Waals surface area (Å²) in [5, 5.41) is -0.140. The van der Waals surface area contributed by atoms with E-state index < -0.39 is 10.0 Å². The summed E-state index contributed by atoms with van der Waals surface area (Å²) in [4.78, 5) is 0. The summed E-state index contributed by atoms with van der Waals surface area (Å²) in [5.74, 6) is 0. The van der Waals surface area contributed by atoms with Crippen LogP contribution in [-0.4, -0.2) is 25.8 Å². The fraction of sp³-hybridized carbons (Fsp3) is 1.00. The first-order valence-electron chi connectivity index (χ1n) is 6.31. The highest BCUT2D eigenvalue weighted by molar-refractivity contribution is 7.90. The number of sulfonamides is 1. The third-order valence-electron chi connectivity index (χ3n) is 3.77. The predicted octanol–water partition coefficient (Wildman–Crippen LogP) is 1.12. The first-order chi connectivity index (χ1) is 7.58. The van der Waals surface area contributed by atoms with Crippen LogP contribution in [0.4, 0.5) is 0 Å². The second kappa shape index (κ2) is 4.63. The van der Waals surface area contributed by atoms with E-state index in [1.165, 1.54) is 12.8 Å². The molecule has 0 aromatic carbocycles. The van der Waals surface area contributed by atoms with E-state index in [0.29, 0.717) is 6.54 Å². The second-order valence-electron chi connectivity index (χ2n) is 5.25. The summed E-state index contributed by atoms with van der Waals surface area (Å²) >= 11 is 0. The van der Waals surface area contributed by atoms with E-state index in [-0.39, 0.29) is 10.8 Å². The number of hydrogen-bond acceptors (Lipinski definition) is 3. The molecule has 94 valence electrons. The Bertz CT molecular complexity index is 328. The molecule has 4 nitrogen and oxygen atoms in total. The van der Waals surface area contributed by atoms with Gasteiger partial charge < -0.3 is 5.73 Å². The van der Waals surface area contributed by atoms with Gasteiger partial charge in [-0.2, -0.15) is 0 Å². The molecule has 0 unspecified atom stereocenters. The Morgan fingerprint density at radius 1 is 1.12 bits per heavy atom. The summed E-state index contributed by atoms with van der Waals surface area (Å²) in [7, 11) is -3.10. The Morgan fingerprint density at radius 3 is 2.12 bits per heavy atom. The zero-order valence-corrected chi connectivity index (χ0v) is 10.6. The van der Waals surface area contributed by atoms with Crippen molar-refractivity contribution in [3.05, 3.63) is 0 Å². The molecule has 0 heterocycles. The van der Waals surface area contributed by atoms with Gasteiger partial charge >= 0.3 is 0 Å². The van der Waals surface area contributed by atoms with Crippen molar-refractivity contribution in [2.75, 3.05) is 6.54 Å². The van der Waals surface area contributed by atoms with E-state index in [4.69, 9.17) is 5.73 Å². The molecule has 0 aromatic heterocycles. The smallest absolute Gasteiger partial charge is 0.215 e. The van der Waals surface area contributed by atoms with Gasteiger partial charge in [0.2, 0.25) is 10.0 Å². The Kier molecular flexibility index (Phi) is 3.56. The van der Waals surface area contributed by atoms with Crippen molar-refractivity contribution in [1.82, 2.24) is 4.72 Å². The zero-order valence-electron chi connectivity index (χ0n) is 9.74. The molecule has 0 radical (unpaired) electrons. The van der Waals surface area contributed by atoms with Crippen molar-refractivity contribution in [1.29, 1.82) is 0 Å². The van der Waals surface area contributed by atoms with Gasteiger partial charge in [0.1, 0.15) is 0 Å². The highest BCUT2D eigenvalue weighted by Crippen LogP contribution is 2.32. The van der Waals surface area contributed by atoms with Crippen molar-refractivity contribution in [3.63, 3.8) is 0 Å². The van der Waals surface area contributed by atoms with E-state index in [0.717, 1.165) is 38.5 Å². The van der Waals surface area contributed by atoms with Crippen LogP contribution in [0.5, 0.6) is 0 Å². The molecule has 2 fully saturated rings. The van der Waals surface area contributed by atoms with Crippen molar-refractivity contribution < 1.29 is 8.42 Å². The largest absolute Gasteiger partial charge is 0.329 e. The minimum Gasteiger partial charge on any atom is -0.329 e. The lowest BCUT2D eigenvalue weighted by Gasteiger charge is -2.32. The number of hydrogen-bond donors (Lipinski definition) is 2. The fourth-order valence-electron chi connectivity index (χ4n) is 2.52. The lowest BCUT2D eigenvalue weighted by Crippen LogP contribution is -2.54. The van der Waals surface area contributed by atoms with Crippen molar-refractivity contribution in [2.24, 2.45) is 5.73 Å². The molecule has 3 N–H and O–H groups in total. The molecule has 0 spiro atoms. The molecule has 2 aliphatic carbocycles. The van der Waals surface area contributed by atoms with Crippen LogP contribution >= 0.6 is 0 Å². The van der Waals surface area contributed by atoms with Crippen LogP contribution in [0.2, 0.25) is 0 Å². The van der Waals surface area contributed by atoms with E-state index in [1.807, 2.05) is 0 Å². The first-order valence-corrected chi connectivity index (χ1v) is 7.85. The molecule has 0 aromatic rings. The van der Waals surface area contributed by atoms with Crippen LogP contribution in [0.15, 0.2) is 0 Å². The predicted molar refractivity (Wildman–Crippen MR) is 64.6 cm³/mol. The summed E-state index contributed by atoms with van der Waals surface area (Å²) in [6.07, 6.45) is 8.01. The van der Waals surface area contributed by atoms with Gasteiger partial charge in [0.25, 0.3) is 0 Å². The molecule has 0 saturated heterocycles. The minimum atomic E-state index is -3.10. The summed E-state index contributed by atoms with van der Waals surface area (Å²) in [6.45, 7) is 0.430. The van der Waals surface area contributed by atoms with Crippen LogP contribution < -0.4 is 10.5 Å². The van der Waals surface area contributed by atoms with Crippen molar-refractivity contribution in [2.45, 2.75) is 62.2 Å². The molecule has 0 amide bonds. The first kappa shape index (κ1) is 12.3. The number of nitrogens with two attached hydrogens (primary N) is 1. The normalized spacial score (nSPS) is 26.3. The fourth-order valence-corrected chi connectivity index (χ4v) is 4.33. The minimum absolute atomic E-state index is 0.140. The van der Waals surface area contributed by atoms with Crippen LogP contribution in [0.1, 0.15) is 51.4 Å².